The molecule has 1 aliphatic carbocycles. The molecular formula is C8H14O5. The molecule has 0 aromatic heterocycles. The van der Waals surface area contributed by atoms with Crippen LogP contribution in [0, 0.1) is 5.41 Å². The molecule has 0 bridgehead atoms. The van der Waals surface area contributed by atoms with Gasteiger partial charge in [-0.25, -0.2) is 4.89 Å². The van der Waals surface area contributed by atoms with Gasteiger partial charge >= 0.3 is 5.97 Å². The first-order valence-corrected chi connectivity index (χ1v) is 4.11. The van der Waals surface area contributed by atoms with E-state index in [4.69, 9.17) is 10.4 Å². The molecule has 3 N–H and O–H groups in total. The molecule has 76 valence electrons. The lowest BCUT2D eigenvalue weighted by atomic mass is 9.87. The van der Waals surface area contributed by atoms with E-state index in [2.05, 4.69) is 4.89 Å². The summed E-state index contributed by atoms with van der Waals surface area (Å²) < 4.78 is 0. The number of carboxylic acids is 1. The zero-order chi connectivity index (χ0) is 10.3. The van der Waals surface area contributed by atoms with Crippen molar-refractivity contribution in [1.29, 1.82) is 0 Å². The first-order chi connectivity index (χ1) is 5.87. The van der Waals surface area contributed by atoms with E-state index in [9.17, 15) is 9.90 Å². The minimum atomic E-state index is -1.24. The Bertz CT molecular complexity index is 219. The average Bonchev–Trinajstić information content (AvgIpc) is 2.83. The lowest BCUT2D eigenvalue weighted by Crippen LogP contribution is -2.47. The normalized spacial score (nSPS) is 22.5. The fourth-order valence-electron chi connectivity index (χ4n) is 1.45. The molecule has 5 heteroatoms. The van der Waals surface area contributed by atoms with Gasteiger partial charge in [0.1, 0.15) is 11.7 Å². The zero-order valence-electron chi connectivity index (χ0n) is 7.65. The molecule has 1 aliphatic rings. The van der Waals surface area contributed by atoms with Crippen molar-refractivity contribution in [2.75, 3.05) is 0 Å². The minimum Gasteiger partial charge on any atom is -0.481 e. The van der Waals surface area contributed by atoms with Crippen molar-refractivity contribution in [3.63, 3.8) is 0 Å². The molecule has 0 amide bonds. The lowest BCUT2D eigenvalue weighted by molar-refractivity contribution is -0.338. The maximum atomic E-state index is 10.8. The van der Waals surface area contributed by atoms with Crippen LogP contribution < -0.4 is 0 Å². The van der Waals surface area contributed by atoms with Crippen LogP contribution in [0.4, 0.5) is 0 Å². The molecule has 1 unspecified atom stereocenters. The Kier molecular flexibility index (Phi) is 2.36. The summed E-state index contributed by atoms with van der Waals surface area (Å²) in [5.74, 6) is -1.04. The summed E-state index contributed by atoms with van der Waals surface area (Å²) in [4.78, 5) is 14.9. The van der Waals surface area contributed by atoms with Crippen molar-refractivity contribution in [1.82, 2.24) is 0 Å². The Morgan fingerprint density at radius 2 is 2.00 bits per heavy atom. The van der Waals surface area contributed by atoms with Gasteiger partial charge < -0.3 is 10.2 Å². The molecule has 1 fully saturated rings. The number of hydrogen-bond acceptors (Lipinski definition) is 4. The largest absolute Gasteiger partial charge is 0.481 e. The van der Waals surface area contributed by atoms with E-state index in [0.717, 1.165) is 0 Å². The third-order valence-electron chi connectivity index (χ3n) is 2.63. The quantitative estimate of drug-likeness (QED) is 0.443. The second kappa shape index (κ2) is 2.94. The summed E-state index contributed by atoms with van der Waals surface area (Å²) in [5.41, 5.74) is -2.36. The van der Waals surface area contributed by atoms with Gasteiger partial charge in [-0.05, 0) is 26.7 Å². The molecule has 0 heterocycles. The van der Waals surface area contributed by atoms with Gasteiger partial charge in [0, 0.05) is 0 Å². The van der Waals surface area contributed by atoms with Gasteiger partial charge in [0.2, 0.25) is 0 Å². The highest BCUT2D eigenvalue weighted by Crippen LogP contribution is 2.52. The molecule has 0 radical (unpaired) electrons. The summed E-state index contributed by atoms with van der Waals surface area (Å²) >= 11 is 0. The SMILES string of the molecule is CC(C)(OO)C(O)C1(C(=O)O)CC1. The lowest BCUT2D eigenvalue weighted by Gasteiger charge is -2.31. The summed E-state index contributed by atoms with van der Waals surface area (Å²) in [5, 5.41) is 27.0. The Morgan fingerprint density at radius 1 is 1.54 bits per heavy atom. The zero-order valence-corrected chi connectivity index (χ0v) is 7.65. The van der Waals surface area contributed by atoms with E-state index in [0.29, 0.717) is 12.8 Å². The van der Waals surface area contributed by atoms with Crippen LogP contribution >= 0.6 is 0 Å². The van der Waals surface area contributed by atoms with Gasteiger partial charge in [-0.15, -0.1) is 0 Å². The first-order valence-electron chi connectivity index (χ1n) is 4.11. The highest BCUT2D eigenvalue weighted by atomic mass is 17.1. The maximum absolute atomic E-state index is 10.8. The fourth-order valence-corrected chi connectivity index (χ4v) is 1.45. The molecule has 13 heavy (non-hydrogen) atoms. The van der Waals surface area contributed by atoms with Crippen LogP contribution in [-0.2, 0) is 9.68 Å². The van der Waals surface area contributed by atoms with E-state index in [1.165, 1.54) is 13.8 Å². The van der Waals surface area contributed by atoms with Gasteiger partial charge in [0.05, 0.1) is 5.41 Å². The Balaban J connectivity index is 2.78. The monoisotopic (exact) mass is 190 g/mol. The van der Waals surface area contributed by atoms with Crippen LogP contribution in [0.2, 0.25) is 0 Å². The van der Waals surface area contributed by atoms with Crippen LogP contribution in [0.1, 0.15) is 26.7 Å². The Hall–Kier alpha value is -0.650. The molecule has 0 aromatic rings. The Morgan fingerprint density at radius 3 is 2.23 bits per heavy atom. The summed E-state index contributed by atoms with van der Waals surface area (Å²) in [6.07, 6.45) is -0.338. The van der Waals surface area contributed by atoms with Crippen LogP contribution in [0.5, 0.6) is 0 Å². The number of carbonyl (C=O) groups is 1. The molecule has 1 atom stereocenters. The summed E-state index contributed by atoms with van der Waals surface area (Å²) in [6.45, 7) is 2.89. The maximum Gasteiger partial charge on any atom is 0.312 e. The van der Waals surface area contributed by atoms with Crippen LogP contribution in [0.3, 0.4) is 0 Å². The van der Waals surface area contributed by atoms with Crippen molar-refractivity contribution < 1.29 is 25.2 Å². The number of aliphatic carboxylic acids is 1. The molecule has 1 saturated carbocycles. The topological polar surface area (TPSA) is 87.0 Å². The van der Waals surface area contributed by atoms with Gasteiger partial charge in [0.25, 0.3) is 0 Å². The molecule has 1 rings (SSSR count). The van der Waals surface area contributed by atoms with Gasteiger partial charge in [-0.1, -0.05) is 0 Å². The van der Waals surface area contributed by atoms with Crippen molar-refractivity contribution in [3.8, 4) is 0 Å². The van der Waals surface area contributed by atoms with Crippen molar-refractivity contribution in [2.45, 2.75) is 38.4 Å². The molecule has 0 aromatic carbocycles. The van der Waals surface area contributed by atoms with Crippen molar-refractivity contribution in [2.24, 2.45) is 5.41 Å². The highest BCUT2D eigenvalue weighted by molar-refractivity contribution is 5.78. The second-order valence-corrected chi connectivity index (χ2v) is 4.06. The molecule has 0 aliphatic heterocycles. The average molecular weight is 190 g/mol. The van der Waals surface area contributed by atoms with E-state index < -0.39 is 23.1 Å². The minimum absolute atomic E-state index is 0.427. The van der Waals surface area contributed by atoms with Crippen LogP contribution in [-0.4, -0.2) is 33.1 Å². The number of aliphatic hydroxyl groups excluding tert-OH is 1. The van der Waals surface area contributed by atoms with E-state index in [1.54, 1.807) is 0 Å². The number of rotatable bonds is 4. The molecule has 5 nitrogen and oxygen atoms in total. The number of aliphatic hydroxyl groups is 1. The number of carboxylic acid groups (broad SMARTS) is 1. The van der Waals surface area contributed by atoms with Gasteiger partial charge in [0.15, 0.2) is 0 Å². The highest BCUT2D eigenvalue weighted by Gasteiger charge is 2.60. The van der Waals surface area contributed by atoms with Crippen LogP contribution in [0.25, 0.3) is 0 Å². The van der Waals surface area contributed by atoms with E-state index >= 15 is 0 Å². The summed E-state index contributed by atoms with van der Waals surface area (Å²) in [6, 6.07) is 0. The van der Waals surface area contributed by atoms with E-state index in [1.807, 2.05) is 0 Å². The third-order valence-corrected chi connectivity index (χ3v) is 2.63. The van der Waals surface area contributed by atoms with Gasteiger partial charge in [-0.2, -0.15) is 0 Å². The third kappa shape index (κ3) is 1.54. The van der Waals surface area contributed by atoms with Crippen molar-refractivity contribution >= 4 is 5.97 Å². The smallest absolute Gasteiger partial charge is 0.312 e. The van der Waals surface area contributed by atoms with Gasteiger partial charge in [-0.3, -0.25) is 10.1 Å². The Labute approximate surface area is 75.9 Å². The predicted octanol–water partition coefficient (Wildman–Crippen LogP) is 0.480. The molecule has 0 saturated heterocycles. The fraction of sp³-hybridized carbons (Fsp3) is 0.875. The molecular weight excluding hydrogens is 176 g/mol. The summed E-state index contributed by atoms with van der Waals surface area (Å²) in [7, 11) is 0. The first kappa shape index (κ1) is 10.4. The van der Waals surface area contributed by atoms with E-state index in [-0.39, 0.29) is 0 Å². The van der Waals surface area contributed by atoms with Crippen molar-refractivity contribution in [3.05, 3.63) is 0 Å². The predicted molar refractivity (Wildman–Crippen MR) is 43.1 cm³/mol. The molecule has 0 spiro atoms. The second-order valence-electron chi connectivity index (χ2n) is 4.06. The number of hydrogen-bond donors (Lipinski definition) is 3. The van der Waals surface area contributed by atoms with Crippen LogP contribution in [0.15, 0.2) is 0 Å². The standard InChI is InChI=1S/C8H14O5/c1-7(2,13-12)5(9)8(3-4-8)6(10)11/h5,9,12H,3-4H2,1-2H3,(H,10,11).